The van der Waals surface area contributed by atoms with Gasteiger partial charge in [0.05, 0.1) is 10.6 Å². The number of halogens is 1. The second-order valence-electron chi connectivity index (χ2n) is 2.66. The van der Waals surface area contributed by atoms with Crippen LogP contribution in [0.2, 0.25) is 5.02 Å². The van der Waals surface area contributed by atoms with Gasteiger partial charge < -0.3 is 4.90 Å². The first kappa shape index (κ1) is 9.82. The summed E-state index contributed by atoms with van der Waals surface area (Å²) in [6.45, 7) is 2.84. The molecule has 0 fully saturated rings. The molecule has 3 nitrogen and oxygen atoms in total. The van der Waals surface area contributed by atoms with Gasteiger partial charge in [0.1, 0.15) is 11.9 Å². The quantitative estimate of drug-likeness (QED) is 0.725. The maximum atomic E-state index is 8.59. The molecule has 0 saturated heterocycles. The highest BCUT2D eigenvalue weighted by Gasteiger charge is 2.06. The molecule has 0 bridgehead atoms. The van der Waals surface area contributed by atoms with E-state index in [1.807, 2.05) is 24.9 Å². The summed E-state index contributed by atoms with van der Waals surface area (Å²) in [5, 5.41) is 9.10. The van der Waals surface area contributed by atoms with Crippen molar-refractivity contribution in [2.45, 2.75) is 6.92 Å². The molecule has 0 spiro atoms. The van der Waals surface area contributed by atoms with Gasteiger partial charge in [-0.25, -0.2) is 4.98 Å². The Morgan fingerprint density at radius 2 is 2.38 bits per heavy atom. The molecular weight excluding hydrogens is 186 g/mol. The van der Waals surface area contributed by atoms with Crippen LogP contribution in [0.3, 0.4) is 0 Å². The van der Waals surface area contributed by atoms with Crippen LogP contribution >= 0.6 is 11.6 Å². The monoisotopic (exact) mass is 195 g/mol. The Kier molecular flexibility index (Phi) is 3.10. The zero-order chi connectivity index (χ0) is 9.84. The molecule has 0 aliphatic rings. The first-order valence-electron chi connectivity index (χ1n) is 3.95. The number of pyridine rings is 1. The number of nitriles is 1. The summed E-state index contributed by atoms with van der Waals surface area (Å²) in [4.78, 5) is 6.01. The van der Waals surface area contributed by atoms with Crippen LogP contribution in [-0.4, -0.2) is 18.6 Å². The van der Waals surface area contributed by atoms with E-state index in [2.05, 4.69) is 4.98 Å². The fourth-order valence-corrected chi connectivity index (χ4v) is 1.23. The lowest BCUT2D eigenvalue weighted by Gasteiger charge is -2.16. The van der Waals surface area contributed by atoms with Crippen LogP contribution in [-0.2, 0) is 0 Å². The number of anilines is 1. The molecule has 1 aromatic heterocycles. The molecule has 0 N–H and O–H groups in total. The third-order valence-corrected chi connectivity index (χ3v) is 2.06. The lowest BCUT2D eigenvalue weighted by Crippen LogP contribution is -2.17. The van der Waals surface area contributed by atoms with Crippen LogP contribution in [0.25, 0.3) is 0 Å². The van der Waals surface area contributed by atoms with Crippen LogP contribution in [0, 0.1) is 11.3 Å². The predicted molar refractivity (Wildman–Crippen MR) is 52.9 cm³/mol. The topological polar surface area (TPSA) is 39.9 Å². The zero-order valence-electron chi connectivity index (χ0n) is 7.58. The van der Waals surface area contributed by atoms with Crippen LogP contribution in [0.4, 0.5) is 5.82 Å². The molecule has 0 unspecified atom stereocenters. The number of hydrogen-bond donors (Lipinski definition) is 0. The fraction of sp³-hybridized carbons (Fsp3) is 0.333. The normalized spacial score (nSPS) is 9.38. The van der Waals surface area contributed by atoms with Crippen LogP contribution < -0.4 is 4.90 Å². The molecule has 0 amide bonds. The van der Waals surface area contributed by atoms with E-state index in [-0.39, 0.29) is 0 Å². The number of aromatic nitrogens is 1. The summed E-state index contributed by atoms with van der Waals surface area (Å²) in [6, 6.07) is 3.61. The van der Waals surface area contributed by atoms with Gasteiger partial charge in [-0.15, -0.1) is 0 Å². The Bertz CT molecular complexity index is 343. The van der Waals surface area contributed by atoms with Gasteiger partial charge in [-0.3, -0.25) is 0 Å². The van der Waals surface area contributed by atoms with Gasteiger partial charge in [-0.2, -0.15) is 5.26 Å². The Balaban J connectivity index is 3.07. The highest BCUT2D eigenvalue weighted by atomic mass is 35.5. The first-order chi connectivity index (χ1) is 6.19. The number of hydrogen-bond acceptors (Lipinski definition) is 3. The van der Waals surface area contributed by atoms with Crippen molar-refractivity contribution < 1.29 is 0 Å². The van der Waals surface area contributed by atoms with Crippen molar-refractivity contribution in [2.24, 2.45) is 0 Å². The van der Waals surface area contributed by atoms with E-state index in [1.54, 1.807) is 6.07 Å². The van der Waals surface area contributed by atoms with Crippen molar-refractivity contribution in [1.29, 1.82) is 5.26 Å². The van der Waals surface area contributed by atoms with Gasteiger partial charge in [-0.05, 0) is 13.0 Å². The lowest BCUT2D eigenvalue weighted by atomic mass is 10.3. The fourth-order valence-electron chi connectivity index (χ4n) is 0.922. The average molecular weight is 196 g/mol. The minimum atomic E-state index is 0.484. The van der Waals surface area contributed by atoms with E-state index in [4.69, 9.17) is 16.9 Å². The second kappa shape index (κ2) is 4.11. The highest BCUT2D eigenvalue weighted by Crippen LogP contribution is 2.22. The van der Waals surface area contributed by atoms with Crippen LogP contribution in [0.1, 0.15) is 12.5 Å². The highest BCUT2D eigenvalue weighted by molar-refractivity contribution is 6.33. The summed E-state index contributed by atoms with van der Waals surface area (Å²) in [6.07, 6.45) is 1.52. The molecule has 0 radical (unpaired) electrons. The summed E-state index contributed by atoms with van der Waals surface area (Å²) in [7, 11) is 1.90. The average Bonchev–Trinajstić information content (AvgIpc) is 2.16. The number of nitrogens with zero attached hydrogens (tertiary/aromatic N) is 3. The minimum absolute atomic E-state index is 0.484. The standard InChI is InChI=1S/C9H10ClN3/c1-3-13(2)9-8(10)4-7(5-11)6-12-9/h4,6H,3H2,1-2H3. The third kappa shape index (κ3) is 2.10. The SMILES string of the molecule is CCN(C)c1ncc(C#N)cc1Cl. The molecule has 0 aliphatic carbocycles. The smallest absolute Gasteiger partial charge is 0.147 e. The zero-order valence-corrected chi connectivity index (χ0v) is 8.34. The van der Waals surface area contributed by atoms with Gasteiger partial charge in [0, 0.05) is 19.8 Å². The Hall–Kier alpha value is -1.27. The number of rotatable bonds is 2. The molecule has 1 aromatic rings. The van der Waals surface area contributed by atoms with E-state index in [9.17, 15) is 0 Å². The van der Waals surface area contributed by atoms with Crippen molar-refractivity contribution >= 4 is 17.4 Å². The van der Waals surface area contributed by atoms with Gasteiger partial charge in [0.25, 0.3) is 0 Å². The van der Waals surface area contributed by atoms with Crippen molar-refractivity contribution in [1.82, 2.24) is 4.98 Å². The maximum Gasteiger partial charge on any atom is 0.147 e. The van der Waals surface area contributed by atoms with Gasteiger partial charge in [-0.1, -0.05) is 11.6 Å². The van der Waals surface area contributed by atoms with E-state index in [0.29, 0.717) is 16.4 Å². The molecule has 4 heteroatoms. The van der Waals surface area contributed by atoms with Crippen LogP contribution in [0.5, 0.6) is 0 Å². The molecule has 13 heavy (non-hydrogen) atoms. The van der Waals surface area contributed by atoms with E-state index in [1.165, 1.54) is 6.20 Å². The Morgan fingerprint density at radius 1 is 1.69 bits per heavy atom. The van der Waals surface area contributed by atoms with Gasteiger partial charge in [0.2, 0.25) is 0 Å². The largest absolute Gasteiger partial charge is 0.359 e. The molecule has 1 heterocycles. The summed E-state index contributed by atoms with van der Waals surface area (Å²) in [5.41, 5.74) is 0.484. The lowest BCUT2D eigenvalue weighted by molar-refractivity contribution is 0.938. The van der Waals surface area contributed by atoms with E-state index < -0.39 is 0 Å². The summed E-state index contributed by atoms with van der Waals surface area (Å²) in [5.74, 6) is 0.711. The summed E-state index contributed by atoms with van der Waals surface area (Å²) < 4.78 is 0. The molecule has 0 atom stereocenters. The molecule has 0 aliphatic heterocycles. The molecular formula is C9H10ClN3. The van der Waals surface area contributed by atoms with E-state index >= 15 is 0 Å². The third-order valence-electron chi connectivity index (χ3n) is 1.79. The summed E-state index contributed by atoms with van der Waals surface area (Å²) >= 11 is 5.93. The van der Waals surface area contributed by atoms with Gasteiger partial charge >= 0.3 is 0 Å². The molecule has 0 saturated carbocycles. The van der Waals surface area contributed by atoms with Crippen LogP contribution in [0.15, 0.2) is 12.3 Å². The Morgan fingerprint density at radius 3 is 2.85 bits per heavy atom. The van der Waals surface area contributed by atoms with E-state index in [0.717, 1.165) is 6.54 Å². The Labute approximate surface area is 82.6 Å². The first-order valence-corrected chi connectivity index (χ1v) is 4.33. The maximum absolute atomic E-state index is 8.59. The second-order valence-corrected chi connectivity index (χ2v) is 3.06. The van der Waals surface area contributed by atoms with Crippen molar-refractivity contribution in [3.8, 4) is 6.07 Å². The van der Waals surface area contributed by atoms with Gasteiger partial charge in [0.15, 0.2) is 0 Å². The predicted octanol–water partition coefficient (Wildman–Crippen LogP) is 2.06. The van der Waals surface area contributed by atoms with Crippen molar-refractivity contribution in [2.75, 3.05) is 18.5 Å². The molecule has 68 valence electrons. The molecule has 1 rings (SSSR count). The van der Waals surface area contributed by atoms with Crippen molar-refractivity contribution in [3.63, 3.8) is 0 Å². The van der Waals surface area contributed by atoms with Crippen molar-refractivity contribution in [3.05, 3.63) is 22.8 Å². The molecule has 0 aromatic carbocycles. The minimum Gasteiger partial charge on any atom is -0.359 e.